The SMILES string of the molecule is N#Cc1c(N)sc2c(F)cnc(-c3c4c(c5c(N6C7CC6CN(CC6COC6)C7)nc(OC[C@@]67CCCN6C[C@H](F)C7)nc5c3F)COC4)c12. The first-order chi connectivity index (χ1) is 24.3. The zero-order chi connectivity index (χ0) is 33.9. The summed E-state index contributed by atoms with van der Waals surface area (Å²) in [7, 11) is 0. The van der Waals surface area contributed by atoms with Crippen LogP contribution in [0.15, 0.2) is 6.20 Å². The number of thiophene rings is 1. The molecule has 0 saturated carbocycles. The molecule has 0 radical (unpaired) electrons. The van der Waals surface area contributed by atoms with Gasteiger partial charge in [-0.1, -0.05) is 0 Å². The molecule has 2 N–H and O–H groups in total. The first-order valence-corrected chi connectivity index (χ1v) is 18.1. The van der Waals surface area contributed by atoms with Crippen LogP contribution in [-0.4, -0.2) is 101 Å². The molecule has 260 valence electrons. The van der Waals surface area contributed by atoms with Crippen molar-refractivity contribution in [3.05, 3.63) is 34.5 Å². The normalized spacial score (nSPS) is 27.8. The number of benzene rings is 1. The Morgan fingerprint density at radius 2 is 1.92 bits per heavy atom. The van der Waals surface area contributed by atoms with Gasteiger partial charge in [0.15, 0.2) is 11.6 Å². The van der Waals surface area contributed by atoms with Crippen molar-refractivity contribution in [3.63, 3.8) is 0 Å². The van der Waals surface area contributed by atoms with Crippen molar-refractivity contribution in [1.29, 1.82) is 5.26 Å². The third kappa shape index (κ3) is 4.51. The van der Waals surface area contributed by atoms with Crippen molar-refractivity contribution in [3.8, 4) is 23.3 Å². The lowest BCUT2D eigenvalue weighted by Gasteiger charge is -2.57. The predicted octanol–water partition coefficient (Wildman–Crippen LogP) is 4.53. The zero-order valence-corrected chi connectivity index (χ0v) is 28.1. The van der Waals surface area contributed by atoms with Crippen LogP contribution in [0.5, 0.6) is 6.01 Å². The number of aromatic nitrogens is 3. The average molecular weight is 705 g/mol. The van der Waals surface area contributed by atoms with E-state index in [-0.39, 0.29) is 75.3 Å². The van der Waals surface area contributed by atoms with E-state index in [0.717, 1.165) is 81.8 Å². The van der Waals surface area contributed by atoms with E-state index in [4.69, 9.17) is 29.9 Å². The Balaban J connectivity index is 1.13. The van der Waals surface area contributed by atoms with Crippen molar-refractivity contribution in [2.45, 2.75) is 62.7 Å². The Labute approximate surface area is 289 Å². The summed E-state index contributed by atoms with van der Waals surface area (Å²) >= 11 is 0.937. The second-order valence-corrected chi connectivity index (χ2v) is 15.8. The minimum atomic E-state index is -0.922. The molecule has 11 nitrogen and oxygen atoms in total. The van der Waals surface area contributed by atoms with Gasteiger partial charge in [0, 0.05) is 61.6 Å². The van der Waals surface area contributed by atoms with Crippen molar-refractivity contribution in [2.75, 3.05) is 63.2 Å². The van der Waals surface area contributed by atoms with Gasteiger partial charge in [-0.2, -0.15) is 15.2 Å². The first-order valence-electron chi connectivity index (χ1n) is 17.3. The predicted molar refractivity (Wildman–Crippen MR) is 180 cm³/mol. The van der Waals surface area contributed by atoms with Gasteiger partial charge in [-0.05, 0) is 36.9 Å². The summed E-state index contributed by atoms with van der Waals surface area (Å²) in [5.74, 6) is -0.151. The molecule has 7 aliphatic heterocycles. The smallest absolute Gasteiger partial charge is 0.319 e. The lowest BCUT2D eigenvalue weighted by Crippen LogP contribution is -2.70. The first kappa shape index (κ1) is 31.0. The van der Waals surface area contributed by atoms with Gasteiger partial charge in [0.25, 0.3) is 0 Å². The molecule has 50 heavy (non-hydrogen) atoms. The number of nitrogens with zero attached hydrogens (tertiary/aromatic N) is 7. The van der Waals surface area contributed by atoms with E-state index in [0.29, 0.717) is 35.7 Å². The van der Waals surface area contributed by atoms with Gasteiger partial charge in [-0.25, -0.2) is 13.2 Å². The highest BCUT2D eigenvalue weighted by Crippen LogP contribution is 2.49. The number of nitrogen functional groups attached to an aromatic ring is 1. The van der Waals surface area contributed by atoms with Gasteiger partial charge < -0.3 is 24.8 Å². The Bertz CT molecular complexity index is 2110. The summed E-state index contributed by atoms with van der Waals surface area (Å²) < 4.78 is 65.0. The highest BCUT2D eigenvalue weighted by atomic mass is 32.1. The molecule has 10 heterocycles. The van der Waals surface area contributed by atoms with Gasteiger partial charge >= 0.3 is 6.01 Å². The molecule has 3 aromatic heterocycles. The molecule has 0 spiro atoms. The number of fused-ring (bicyclic) bond motifs is 7. The van der Waals surface area contributed by atoms with Crippen LogP contribution in [0, 0.1) is 28.9 Å². The molecular weight excluding hydrogens is 669 g/mol. The van der Waals surface area contributed by atoms with Crippen LogP contribution in [0.3, 0.4) is 0 Å². The second-order valence-electron chi connectivity index (χ2n) is 14.7. The summed E-state index contributed by atoms with van der Waals surface area (Å²) in [6.07, 6.45) is 3.27. The number of piperazine rings is 1. The third-order valence-electron chi connectivity index (χ3n) is 11.8. The lowest BCUT2D eigenvalue weighted by atomic mass is 9.85. The number of piperidine rings is 1. The number of rotatable bonds is 7. The van der Waals surface area contributed by atoms with Crippen molar-refractivity contribution in [1.82, 2.24) is 24.8 Å². The average Bonchev–Trinajstić information content (AvgIpc) is 3.85. The van der Waals surface area contributed by atoms with Crippen LogP contribution in [0.1, 0.15) is 42.4 Å². The number of hydrogen-bond acceptors (Lipinski definition) is 12. The maximum Gasteiger partial charge on any atom is 0.319 e. The molecule has 2 bridgehead atoms. The minimum absolute atomic E-state index is 0.0305. The van der Waals surface area contributed by atoms with E-state index >= 15 is 8.78 Å². The molecule has 6 fully saturated rings. The number of anilines is 2. The van der Waals surface area contributed by atoms with Crippen LogP contribution in [0.2, 0.25) is 0 Å². The summed E-state index contributed by atoms with van der Waals surface area (Å²) in [5.41, 5.74) is 7.34. The van der Waals surface area contributed by atoms with Crippen molar-refractivity contribution < 1.29 is 27.4 Å². The number of alkyl halides is 1. The fourth-order valence-electron chi connectivity index (χ4n) is 9.47. The lowest BCUT2D eigenvalue weighted by molar-refractivity contribution is -0.0544. The zero-order valence-electron chi connectivity index (χ0n) is 27.3. The van der Waals surface area contributed by atoms with E-state index in [1.165, 1.54) is 0 Å². The molecule has 7 aliphatic rings. The Morgan fingerprint density at radius 3 is 2.70 bits per heavy atom. The van der Waals surface area contributed by atoms with Gasteiger partial charge in [-0.3, -0.25) is 14.8 Å². The fraction of sp³-hybridized carbons (Fsp3) is 0.543. The molecule has 6 saturated heterocycles. The number of nitrogens with two attached hydrogens (primary N) is 1. The molecule has 0 amide bonds. The fourth-order valence-corrected chi connectivity index (χ4v) is 10.4. The monoisotopic (exact) mass is 704 g/mol. The molecule has 1 aromatic carbocycles. The molecule has 4 atom stereocenters. The van der Waals surface area contributed by atoms with Gasteiger partial charge in [0.2, 0.25) is 0 Å². The Hall–Kier alpha value is -3.81. The van der Waals surface area contributed by atoms with Crippen LogP contribution in [0.25, 0.3) is 32.2 Å². The van der Waals surface area contributed by atoms with E-state index in [1.54, 1.807) is 0 Å². The second kappa shape index (κ2) is 11.3. The topological polar surface area (TPSA) is 126 Å². The molecule has 4 aromatic rings. The maximum absolute atomic E-state index is 17.4. The van der Waals surface area contributed by atoms with Crippen LogP contribution < -0.4 is 15.4 Å². The summed E-state index contributed by atoms with van der Waals surface area (Å²) in [6.45, 7) is 6.00. The number of hydrogen-bond donors (Lipinski definition) is 1. The van der Waals surface area contributed by atoms with Gasteiger partial charge in [0.1, 0.15) is 35.2 Å². The summed E-state index contributed by atoms with van der Waals surface area (Å²) in [5, 5.41) is 10.9. The van der Waals surface area contributed by atoms with E-state index < -0.39 is 23.3 Å². The largest absolute Gasteiger partial charge is 0.461 e. The summed E-state index contributed by atoms with van der Waals surface area (Å²) in [6, 6.07) is 2.46. The number of halogens is 3. The van der Waals surface area contributed by atoms with Crippen LogP contribution >= 0.6 is 11.3 Å². The van der Waals surface area contributed by atoms with Gasteiger partial charge in [-0.15, -0.1) is 11.3 Å². The highest BCUT2D eigenvalue weighted by molar-refractivity contribution is 7.23. The number of nitriles is 1. The third-order valence-corrected chi connectivity index (χ3v) is 12.8. The van der Waals surface area contributed by atoms with Gasteiger partial charge in [0.05, 0.1) is 59.5 Å². The molecular formula is C35H35F3N8O3S. The van der Waals surface area contributed by atoms with E-state index in [1.807, 2.05) is 0 Å². The molecule has 2 unspecified atom stereocenters. The number of ether oxygens (including phenoxy) is 3. The number of pyridine rings is 1. The Morgan fingerprint density at radius 1 is 1.10 bits per heavy atom. The van der Waals surface area contributed by atoms with Crippen LogP contribution in [-0.2, 0) is 22.7 Å². The maximum atomic E-state index is 17.4. The highest BCUT2D eigenvalue weighted by Gasteiger charge is 2.50. The van der Waals surface area contributed by atoms with E-state index in [2.05, 4.69) is 25.8 Å². The molecule has 15 heteroatoms. The molecule has 0 aliphatic carbocycles. The Kier molecular flexibility index (Phi) is 7.03. The van der Waals surface area contributed by atoms with E-state index in [9.17, 15) is 9.65 Å². The molecule has 11 rings (SSSR count). The van der Waals surface area contributed by atoms with Crippen molar-refractivity contribution >= 4 is 43.1 Å². The summed E-state index contributed by atoms with van der Waals surface area (Å²) in [4.78, 5) is 21.0. The van der Waals surface area contributed by atoms with Crippen LogP contribution in [0.4, 0.5) is 24.0 Å². The quantitative estimate of drug-likeness (QED) is 0.292. The standard InChI is InChI=1S/C35H35F3N8O3S/c36-18-5-35(2-1-3-45(35)9-18)16-49-34-42-30-27(33(43-34)46-19-4-20(46)11-44(10-19)8-17-12-47-13-17)23-15-48-14-22(23)25(28(30)38)29-26-21(6-39)32(40)50-31(26)24(37)7-41-29/h7,17-20H,1-5,8-16,40H2/t18-,19?,20?,35+/m1/s1. The minimum Gasteiger partial charge on any atom is -0.461 e. The van der Waals surface area contributed by atoms with Crippen molar-refractivity contribution in [2.24, 2.45) is 5.92 Å².